The molecule has 0 N–H and O–H groups in total. The summed E-state index contributed by atoms with van der Waals surface area (Å²) < 4.78 is 0.686. The highest BCUT2D eigenvalue weighted by Gasteiger charge is 1.90. The maximum absolute atomic E-state index is 10.3. The van der Waals surface area contributed by atoms with Gasteiger partial charge in [-0.05, 0) is 12.1 Å². The van der Waals surface area contributed by atoms with Crippen LogP contribution in [0, 0.1) is 11.8 Å². The quantitative estimate of drug-likeness (QED) is 0.418. The van der Waals surface area contributed by atoms with Crippen molar-refractivity contribution in [2.75, 3.05) is 0 Å². The molecule has 0 saturated heterocycles. The standard InChI is InChI=1S/C6H3ClN2.C5H4ClNO/c1-8-6-4-5(7)2-3-9-6;6-5-1-3-7(8)4-2-5/h2-4H;1-4H. The molecule has 0 atom stereocenters. The van der Waals surface area contributed by atoms with Gasteiger partial charge in [0.15, 0.2) is 12.4 Å². The highest BCUT2D eigenvalue weighted by Crippen LogP contribution is 2.13. The van der Waals surface area contributed by atoms with Crippen LogP contribution >= 0.6 is 23.2 Å². The first-order valence-electron chi connectivity index (χ1n) is 4.45. The Bertz CT molecular complexity index is 502. The lowest BCUT2D eigenvalue weighted by molar-refractivity contribution is -0.605. The summed E-state index contributed by atoms with van der Waals surface area (Å²) in [6.45, 7) is 6.54. The number of hydrogen-bond acceptors (Lipinski definition) is 2. The molecular weight excluding hydrogens is 261 g/mol. The lowest BCUT2D eigenvalue weighted by atomic mass is 10.5. The first kappa shape index (κ1) is 13.2. The van der Waals surface area contributed by atoms with Crippen LogP contribution in [0.2, 0.25) is 10.0 Å². The van der Waals surface area contributed by atoms with Crippen molar-refractivity contribution < 1.29 is 4.73 Å². The second-order valence-corrected chi connectivity index (χ2v) is 3.69. The zero-order valence-electron chi connectivity index (χ0n) is 8.55. The van der Waals surface area contributed by atoms with E-state index in [2.05, 4.69) is 9.83 Å². The van der Waals surface area contributed by atoms with Crippen molar-refractivity contribution in [1.82, 2.24) is 4.98 Å². The zero-order chi connectivity index (χ0) is 12.7. The fourth-order valence-electron chi connectivity index (χ4n) is 0.849. The van der Waals surface area contributed by atoms with Crippen molar-refractivity contribution in [3.05, 3.63) is 69.5 Å². The molecule has 0 spiro atoms. The third-order valence-corrected chi connectivity index (χ3v) is 2.07. The first-order valence-corrected chi connectivity index (χ1v) is 5.21. The summed E-state index contributed by atoms with van der Waals surface area (Å²) in [7, 11) is 0. The Kier molecular flexibility index (Phi) is 5.21. The average molecular weight is 268 g/mol. The lowest BCUT2D eigenvalue weighted by Gasteiger charge is -1.90. The minimum atomic E-state index is 0.336. The van der Waals surface area contributed by atoms with Crippen LogP contribution in [0.15, 0.2) is 42.9 Å². The summed E-state index contributed by atoms with van der Waals surface area (Å²) in [6.07, 6.45) is 4.21. The van der Waals surface area contributed by atoms with Crippen molar-refractivity contribution in [2.45, 2.75) is 0 Å². The van der Waals surface area contributed by atoms with Crippen LogP contribution in [0.1, 0.15) is 0 Å². The Morgan fingerprint density at radius 1 is 1.18 bits per heavy atom. The molecule has 0 aliphatic heterocycles. The van der Waals surface area contributed by atoms with Crippen LogP contribution in [-0.4, -0.2) is 4.98 Å². The number of pyridine rings is 2. The number of nitrogens with zero attached hydrogens (tertiary/aromatic N) is 3. The third kappa shape index (κ3) is 5.16. The normalized spacial score (nSPS) is 8.76. The van der Waals surface area contributed by atoms with E-state index in [0.717, 1.165) is 0 Å². The van der Waals surface area contributed by atoms with E-state index in [1.165, 1.54) is 36.8 Å². The molecule has 0 aliphatic rings. The summed E-state index contributed by atoms with van der Waals surface area (Å²) in [6, 6.07) is 6.23. The first-order chi connectivity index (χ1) is 8.11. The maximum atomic E-state index is 10.3. The second-order valence-electron chi connectivity index (χ2n) is 2.82. The van der Waals surface area contributed by atoms with Gasteiger partial charge in [0, 0.05) is 17.2 Å². The molecule has 2 heterocycles. The SMILES string of the molecule is [C-]#[N+]c1cc(Cl)ccn1.[O-][n+]1ccc(Cl)cc1. The van der Waals surface area contributed by atoms with Crippen LogP contribution in [0.25, 0.3) is 4.85 Å². The van der Waals surface area contributed by atoms with Gasteiger partial charge in [-0.25, -0.2) is 0 Å². The molecule has 2 aromatic heterocycles. The molecular formula is C11H7Cl2N3O. The van der Waals surface area contributed by atoms with Gasteiger partial charge in [-0.2, -0.15) is 4.73 Å². The van der Waals surface area contributed by atoms with Crippen LogP contribution in [0.5, 0.6) is 0 Å². The molecule has 0 fully saturated rings. The lowest BCUT2D eigenvalue weighted by Crippen LogP contribution is -2.23. The minimum Gasteiger partial charge on any atom is -0.619 e. The van der Waals surface area contributed by atoms with E-state index in [1.807, 2.05) is 0 Å². The van der Waals surface area contributed by atoms with Gasteiger partial charge >= 0.3 is 0 Å². The van der Waals surface area contributed by atoms with Crippen molar-refractivity contribution in [3.8, 4) is 0 Å². The van der Waals surface area contributed by atoms with Gasteiger partial charge in [0.2, 0.25) is 0 Å². The van der Waals surface area contributed by atoms with Gasteiger partial charge in [-0.1, -0.05) is 29.8 Å². The number of aromatic nitrogens is 2. The van der Waals surface area contributed by atoms with Gasteiger partial charge in [-0.15, -0.1) is 4.98 Å². The van der Waals surface area contributed by atoms with E-state index >= 15 is 0 Å². The van der Waals surface area contributed by atoms with E-state index in [-0.39, 0.29) is 0 Å². The van der Waals surface area contributed by atoms with E-state index in [0.29, 0.717) is 20.6 Å². The Morgan fingerprint density at radius 3 is 2.24 bits per heavy atom. The Balaban J connectivity index is 0.000000171. The molecule has 0 aliphatic carbocycles. The highest BCUT2D eigenvalue weighted by molar-refractivity contribution is 6.30. The van der Waals surface area contributed by atoms with Crippen molar-refractivity contribution in [3.63, 3.8) is 0 Å². The monoisotopic (exact) mass is 267 g/mol. The van der Waals surface area contributed by atoms with E-state index in [4.69, 9.17) is 29.8 Å². The third-order valence-electron chi connectivity index (χ3n) is 1.58. The number of hydrogen-bond donors (Lipinski definition) is 0. The van der Waals surface area contributed by atoms with Crippen LogP contribution in [0.3, 0.4) is 0 Å². The zero-order valence-corrected chi connectivity index (χ0v) is 10.1. The molecule has 0 aromatic carbocycles. The summed E-state index contributed by atoms with van der Waals surface area (Å²) in [5.41, 5.74) is 0. The molecule has 17 heavy (non-hydrogen) atoms. The molecule has 2 rings (SSSR count). The Hall–Kier alpha value is -1.83. The largest absolute Gasteiger partial charge is 0.619 e. The predicted octanol–water partition coefficient (Wildman–Crippen LogP) is 3.26. The molecule has 0 radical (unpaired) electrons. The van der Waals surface area contributed by atoms with Crippen LogP contribution in [-0.2, 0) is 0 Å². The summed E-state index contributed by atoms with van der Waals surface area (Å²) >= 11 is 11.0. The predicted molar refractivity (Wildman–Crippen MR) is 65.9 cm³/mol. The molecule has 0 amide bonds. The summed E-state index contributed by atoms with van der Waals surface area (Å²) in [5, 5.41) is 11.4. The fraction of sp³-hybridized carbons (Fsp3) is 0. The summed E-state index contributed by atoms with van der Waals surface area (Å²) in [4.78, 5) is 6.81. The van der Waals surface area contributed by atoms with Gasteiger partial charge in [0.1, 0.15) is 6.20 Å². The maximum Gasteiger partial charge on any atom is 0.270 e. The molecule has 86 valence electrons. The molecule has 0 bridgehead atoms. The van der Waals surface area contributed by atoms with Crippen LogP contribution in [0.4, 0.5) is 5.82 Å². The minimum absolute atomic E-state index is 0.336. The smallest absolute Gasteiger partial charge is 0.270 e. The molecule has 0 saturated carbocycles. The summed E-state index contributed by atoms with van der Waals surface area (Å²) in [5.74, 6) is 0.336. The average Bonchev–Trinajstić information content (AvgIpc) is 2.34. The van der Waals surface area contributed by atoms with Gasteiger partial charge in [0.25, 0.3) is 5.82 Å². The van der Waals surface area contributed by atoms with Crippen molar-refractivity contribution >= 4 is 29.0 Å². The van der Waals surface area contributed by atoms with Gasteiger partial charge in [-0.3, -0.25) is 0 Å². The van der Waals surface area contributed by atoms with Gasteiger partial charge < -0.3 is 10.1 Å². The Labute approximate surface area is 108 Å². The number of halogens is 2. The van der Waals surface area contributed by atoms with E-state index in [9.17, 15) is 5.21 Å². The second kappa shape index (κ2) is 6.69. The highest BCUT2D eigenvalue weighted by atomic mass is 35.5. The number of rotatable bonds is 0. The van der Waals surface area contributed by atoms with Crippen molar-refractivity contribution in [1.29, 1.82) is 0 Å². The fourth-order valence-corrected chi connectivity index (χ4v) is 1.12. The molecule has 6 heteroatoms. The topological polar surface area (TPSA) is 44.2 Å². The molecule has 0 unspecified atom stereocenters. The van der Waals surface area contributed by atoms with Gasteiger partial charge in [0.05, 0.1) is 5.02 Å². The van der Waals surface area contributed by atoms with E-state index in [1.54, 1.807) is 6.07 Å². The van der Waals surface area contributed by atoms with Crippen LogP contribution < -0.4 is 4.73 Å². The molecule has 4 nitrogen and oxygen atoms in total. The Morgan fingerprint density at radius 2 is 1.82 bits per heavy atom. The molecule has 2 aromatic rings. The van der Waals surface area contributed by atoms with Crippen molar-refractivity contribution in [2.24, 2.45) is 0 Å². The van der Waals surface area contributed by atoms with E-state index < -0.39 is 0 Å².